The van der Waals surface area contributed by atoms with Gasteiger partial charge in [0, 0.05) is 44.0 Å². The standard InChI is InChI=1S/C31H38FN7O2/c1-5-19-14-28(40)23(32)15-22(19)20-7-8-21-24(13-20)35-36-29(21)30-33-25-16-27(39(18(2)3)17-26(25)34-30)31(41)38-10-6-9-37(4)11-12-38/h7-8,13-15,18,27,40H,5-6,9-12,16-17H2,1-4H3,(H,33,34)(H,35,36). The largest absolute Gasteiger partial charge is 0.505 e. The number of likely N-dealkylation sites (N-methyl/N-ethyl adjacent to an activating group) is 1. The van der Waals surface area contributed by atoms with Crippen molar-refractivity contribution in [3.05, 3.63) is 53.1 Å². The maximum absolute atomic E-state index is 14.2. The van der Waals surface area contributed by atoms with Crippen LogP contribution >= 0.6 is 0 Å². The molecule has 0 saturated carbocycles. The molecule has 0 aliphatic carbocycles. The highest BCUT2D eigenvalue weighted by Crippen LogP contribution is 2.34. The summed E-state index contributed by atoms with van der Waals surface area (Å²) in [6.45, 7) is 10.3. The van der Waals surface area contributed by atoms with Crippen LogP contribution in [0.25, 0.3) is 33.5 Å². The number of aromatic hydroxyl groups is 1. The van der Waals surface area contributed by atoms with Gasteiger partial charge in [-0.05, 0) is 81.2 Å². The van der Waals surface area contributed by atoms with Crippen LogP contribution in [-0.2, 0) is 24.2 Å². The molecule has 0 radical (unpaired) electrons. The molecule has 41 heavy (non-hydrogen) atoms. The lowest BCUT2D eigenvalue weighted by molar-refractivity contribution is -0.138. The van der Waals surface area contributed by atoms with Crippen molar-refractivity contribution in [3.63, 3.8) is 0 Å². The van der Waals surface area contributed by atoms with Crippen LogP contribution in [0.15, 0.2) is 30.3 Å². The first-order valence-electron chi connectivity index (χ1n) is 14.5. The summed E-state index contributed by atoms with van der Waals surface area (Å²) in [7, 11) is 2.11. The van der Waals surface area contributed by atoms with E-state index in [0.29, 0.717) is 30.9 Å². The van der Waals surface area contributed by atoms with Gasteiger partial charge in [0.15, 0.2) is 17.4 Å². The van der Waals surface area contributed by atoms with Gasteiger partial charge in [0.25, 0.3) is 0 Å². The van der Waals surface area contributed by atoms with E-state index in [4.69, 9.17) is 4.98 Å². The molecule has 2 aliphatic heterocycles. The SMILES string of the molecule is CCc1cc(O)c(F)cc1-c1ccc2c(-c3nc4c([nH]3)CN(C(C)C)C(C(=O)N3CCCN(C)CC3)C4)n[nH]c2c1. The third kappa shape index (κ3) is 5.10. The molecule has 216 valence electrons. The maximum atomic E-state index is 14.2. The highest BCUT2D eigenvalue weighted by Gasteiger charge is 2.37. The van der Waals surface area contributed by atoms with Gasteiger partial charge in [0.05, 0.1) is 22.9 Å². The molecule has 6 rings (SSSR count). The number of rotatable bonds is 5. The van der Waals surface area contributed by atoms with Gasteiger partial charge in [0.1, 0.15) is 5.69 Å². The first kappa shape index (κ1) is 27.4. The second kappa shape index (κ2) is 10.9. The minimum absolute atomic E-state index is 0.194. The summed E-state index contributed by atoms with van der Waals surface area (Å²) in [4.78, 5) is 28.8. The van der Waals surface area contributed by atoms with E-state index in [1.807, 2.05) is 30.0 Å². The van der Waals surface area contributed by atoms with Crippen molar-refractivity contribution in [2.24, 2.45) is 0 Å². The number of aryl methyl sites for hydroxylation is 1. The lowest BCUT2D eigenvalue weighted by Gasteiger charge is -2.39. The topological polar surface area (TPSA) is 104 Å². The molecular weight excluding hydrogens is 521 g/mol. The zero-order valence-electron chi connectivity index (χ0n) is 24.2. The van der Waals surface area contributed by atoms with Crippen molar-refractivity contribution in [2.75, 3.05) is 33.2 Å². The number of nitrogens with zero attached hydrogens (tertiary/aromatic N) is 5. The summed E-state index contributed by atoms with van der Waals surface area (Å²) >= 11 is 0. The number of hydrogen-bond donors (Lipinski definition) is 3. The Kier molecular flexibility index (Phi) is 7.29. The predicted molar refractivity (Wildman–Crippen MR) is 157 cm³/mol. The number of amides is 1. The molecule has 1 saturated heterocycles. The first-order chi connectivity index (χ1) is 19.7. The highest BCUT2D eigenvalue weighted by molar-refractivity contribution is 5.94. The second-order valence-electron chi connectivity index (χ2n) is 11.6. The van der Waals surface area contributed by atoms with E-state index in [9.17, 15) is 14.3 Å². The molecule has 1 unspecified atom stereocenters. The van der Waals surface area contributed by atoms with Crippen LogP contribution in [0, 0.1) is 5.82 Å². The Bertz CT molecular complexity index is 1590. The van der Waals surface area contributed by atoms with Gasteiger partial charge < -0.3 is 19.9 Å². The summed E-state index contributed by atoms with van der Waals surface area (Å²) in [6, 6.07) is 8.72. The van der Waals surface area contributed by atoms with Gasteiger partial charge in [-0.25, -0.2) is 9.37 Å². The Morgan fingerprint density at radius 3 is 2.78 bits per heavy atom. The number of nitrogens with one attached hydrogen (secondary N) is 2. The van der Waals surface area contributed by atoms with Crippen LogP contribution in [0.5, 0.6) is 5.75 Å². The Labute approximate surface area is 239 Å². The summed E-state index contributed by atoms with van der Waals surface area (Å²) < 4.78 is 14.2. The van der Waals surface area contributed by atoms with E-state index in [-0.39, 0.29) is 23.7 Å². The summed E-state index contributed by atoms with van der Waals surface area (Å²) in [5.74, 6) is -0.110. The fraction of sp³-hybridized carbons (Fsp3) is 0.452. The van der Waals surface area contributed by atoms with Crippen LogP contribution in [0.4, 0.5) is 4.39 Å². The lowest BCUT2D eigenvalue weighted by Crippen LogP contribution is -2.54. The number of aromatic amines is 2. The Hall–Kier alpha value is -3.76. The first-order valence-corrected chi connectivity index (χ1v) is 14.5. The predicted octanol–water partition coefficient (Wildman–Crippen LogP) is 4.33. The summed E-state index contributed by atoms with van der Waals surface area (Å²) in [5, 5.41) is 18.4. The van der Waals surface area contributed by atoms with Gasteiger partial charge in [-0.2, -0.15) is 5.10 Å². The van der Waals surface area contributed by atoms with Crippen molar-refractivity contribution < 1.29 is 14.3 Å². The maximum Gasteiger partial charge on any atom is 0.240 e. The third-order valence-corrected chi connectivity index (χ3v) is 8.62. The molecule has 9 nitrogen and oxygen atoms in total. The fourth-order valence-corrected chi connectivity index (χ4v) is 6.23. The van der Waals surface area contributed by atoms with Crippen LogP contribution in [0.2, 0.25) is 0 Å². The number of carbonyl (C=O) groups excluding carboxylic acids is 1. The average Bonchev–Trinajstić information content (AvgIpc) is 3.51. The zero-order chi connectivity index (χ0) is 28.8. The Balaban J connectivity index is 1.30. The zero-order valence-corrected chi connectivity index (χ0v) is 24.2. The molecule has 0 bridgehead atoms. The Morgan fingerprint density at radius 1 is 1.17 bits per heavy atom. The number of imidazole rings is 1. The van der Waals surface area contributed by atoms with E-state index < -0.39 is 5.82 Å². The van der Waals surface area contributed by atoms with Crippen molar-refractivity contribution in [2.45, 2.75) is 58.7 Å². The number of carbonyl (C=O) groups is 1. The molecule has 4 heterocycles. The van der Waals surface area contributed by atoms with Crippen LogP contribution in [0.1, 0.15) is 44.1 Å². The van der Waals surface area contributed by atoms with Crippen molar-refractivity contribution in [3.8, 4) is 28.4 Å². The number of phenolic OH excluding ortho intramolecular Hbond substituents is 1. The van der Waals surface area contributed by atoms with Crippen LogP contribution in [0.3, 0.4) is 0 Å². The molecule has 10 heteroatoms. The molecule has 1 amide bonds. The van der Waals surface area contributed by atoms with Gasteiger partial charge >= 0.3 is 0 Å². The van der Waals surface area contributed by atoms with E-state index >= 15 is 0 Å². The van der Waals surface area contributed by atoms with Gasteiger partial charge in [-0.3, -0.25) is 14.8 Å². The number of phenols is 1. The minimum atomic E-state index is -0.640. The van der Waals surface area contributed by atoms with E-state index in [2.05, 4.69) is 45.9 Å². The summed E-state index contributed by atoms with van der Waals surface area (Å²) in [6.07, 6.45) is 2.22. The lowest BCUT2D eigenvalue weighted by atomic mass is 9.96. The normalized spacial score (nSPS) is 18.7. The van der Waals surface area contributed by atoms with Gasteiger partial charge in [0.2, 0.25) is 5.91 Å². The number of hydrogen-bond acceptors (Lipinski definition) is 6. The van der Waals surface area contributed by atoms with Gasteiger partial charge in [-0.15, -0.1) is 0 Å². The highest BCUT2D eigenvalue weighted by atomic mass is 19.1. The molecule has 2 aromatic carbocycles. The molecule has 0 spiro atoms. The Morgan fingerprint density at radius 2 is 2.00 bits per heavy atom. The second-order valence-corrected chi connectivity index (χ2v) is 11.6. The number of fused-ring (bicyclic) bond motifs is 2. The summed E-state index contributed by atoms with van der Waals surface area (Å²) in [5.41, 5.74) is 5.92. The molecule has 1 atom stereocenters. The number of benzene rings is 2. The van der Waals surface area contributed by atoms with Crippen LogP contribution < -0.4 is 0 Å². The minimum Gasteiger partial charge on any atom is -0.505 e. The quantitative estimate of drug-likeness (QED) is 0.336. The number of aromatic nitrogens is 4. The van der Waals surface area contributed by atoms with Crippen molar-refractivity contribution in [1.82, 2.24) is 34.9 Å². The molecular formula is C31H38FN7O2. The van der Waals surface area contributed by atoms with Crippen molar-refractivity contribution >= 4 is 16.8 Å². The van der Waals surface area contributed by atoms with Gasteiger partial charge in [-0.1, -0.05) is 13.0 Å². The van der Waals surface area contributed by atoms with E-state index in [1.54, 1.807) is 0 Å². The number of halogens is 1. The monoisotopic (exact) mass is 559 g/mol. The molecule has 1 fully saturated rings. The third-order valence-electron chi connectivity index (χ3n) is 8.62. The molecule has 2 aromatic heterocycles. The van der Waals surface area contributed by atoms with Crippen molar-refractivity contribution in [1.29, 1.82) is 0 Å². The average molecular weight is 560 g/mol. The van der Waals surface area contributed by atoms with E-state index in [1.165, 1.54) is 12.1 Å². The molecule has 2 aliphatic rings. The smallest absolute Gasteiger partial charge is 0.240 e. The van der Waals surface area contributed by atoms with E-state index in [0.717, 1.165) is 71.6 Å². The fourth-order valence-electron chi connectivity index (χ4n) is 6.23. The molecule has 3 N–H and O–H groups in total. The number of H-pyrrole nitrogens is 2. The molecule has 4 aromatic rings. The van der Waals surface area contributed by atoms with Crippen LogP contribution in [-0.4, -0.2) is 91.2 Å².